The van der Waals surface area contributed by atoms with Gasteiger partial charge in [-0.25, -0.2) is 4.98 Å². The first-order valence-corrected chi connectivity index (χ1v) is 6.70. The number of fused-ring (bicyclic) bond motifs is 1. The van der Waals surface area contributed by atoms with E-state index in [0.717, 1.165) is 5.65 Å². The van der Waals surface area contributed by atoms with Gasteiger partial charge in [-0.2, -0.15) is 0 Å². The number of aromatic nitrogens is 2. The highest BCUT2D eigenvalue weighted by atomic mass is 35.5. The molecular formula is C15H12ClN3O2. The Balaban J connectivity index is 1.75. The van der Waals surface area contributed by atoms with E-state index in [1.165, 1.54) is 12.1 Å². The maximum Gasteiger partial charge on any atom is 0.230 e. The van der Waals surface area contributed by atoms with Crippen molar-refractivity contribution in [2.75, 3.05) is 5.32 Å². The van der Waals surface area contributed by atoms with Gasteiger partial charge in [-0.05, 0) is 30.3 Å². The number of benzene rings is 1. The lowest BCUT2D eigenvalue weighted by atomic mass is 10.2. The summed E-state index contributed by atoms with van der Waals surface area (Å²) in [5, 5.41) is 12.7. The largest absolute Gasteiger partial charge is 0.506 e. The van der Waals surface area contributed by atoms with Gasteiger partial charge in [0, 0.05) is 17.4 Å². The van der Waals surface area contributed by atoms with Gasteiger partial charge in [0.1, 0.15) is 11.4 Å². The number of carbonyl (C=O) groups excluding carboxylic acids is 1. The van der Waals surface area contributed by atoms with Crippen LogP contribution in [0.4, 0.5) is 5.69 Å². The molecule has 5 nitrogen and oxygen atoms in total. The van der Waals surface area contributed by atoms with Gasteiger partial charge < -0.3 is 14.8 Å². The van der Waals surface area contributed by atoms with Gasteiger partial charge in [-0.15, -0.1) is 0 Å². The number of nitrogens with zero attached hydrogens (tertiary/aromatic N) is 2. The number of hydrogen-bond donors (Lipinski definition) is 2. The van der Waals surface area contributed by atoms with Crippen molar-refractivity contribution in [3.8, 4) is 5.75 Å². The third-order valence-corrected chi connectivity index (χ3v) is 3.22. The summed E-state index contributed by atoms with van der Waals surface area (Å²) >= 11 is 5.84. The van der Waals surface area contributed by atoms with Crippen LogP contribution in [0.15, 0.2) is 48.8 Å². The molecular weight excluding hydrogens is 290 g/mol. The Kier molecular flexibility index (Phi) is 3.50. The van der Waals surface area contributed by atoms with Crippen LogP contribution in [0.3, 0.4) is 0 Å². The Morgan fingerprint density at radius 1 is 1.33 bits per heavy atom. The van der Waals surface area contributed by atoms with Gasteiger partial charge in [0.2, 0.25) is 5.91 Å². The predicted molar refractivity (Wildman–Crippen MR) is 80.6 cm³/mol. The Hall–Kier alpha value is -2.53. The highest BCUT2D eigenvalue weighted by Crippen LogP contribution is 2.26. The zero-order chi connectivity index (χ0) is 14.8. The molecule has 2 aromatic heterocycles. The molecule has 2 N–H and O–H groups in total. The summed E-state index contributed by atoms with van der Waals surface area (Å²) < 4.78 is 1.85. The van der Waals surface area contributed by atoms with E-state index in [1.807, 2.05) is 28.8 Å². The minimum Gasteiger partial charge on any atom is -0.506 e. The van der Waals surface area contributed by atoms with Crippen LogP contribution in [0.25, 0.3) is 5.65 Å². The molecule has 3 rings (SSSR count). The Bertz CT molecular complexity index is 781. The van der Waals surface area contributed by atoms with Crippen molar-refractivity contribution in [1.29, 1.82) is 0 Å². The molecule has 1 amide bonds. The molecule has 0 saturated carbocycles. The van der Waals surface area contributed by atoms with Crippen molar-refractivity contribution in [1.82, 2.24) is 9.38 Å². The number of amides is 1. The summed E-state index contributed by atoms with van der Waals surface area (Å²) in [7, 11) is 0. The first-order chi connectivity index (χ1) is 10.1. The van der Waals surface area contributed by atoms with Crippen LogP contribution in [0.5, 0.6) is 5.75 Å². The fourth-order valence-corrected chi connectivity index (χ4v) is 2.21. The molecule has 0 aliphatic rings. The van der Waals surface area contributed by atoms with Gasteiger partial charge >= 0.3 is 0 Å². The summed E-state index contributed by atoms with van der Waals surface area (Å²) in [5.41, 5.74) is 1.72. The second kappa shape index (κ2) is 5.46. The molecule has 0 atom stereocenters. The predicted octanol–water partition coefficient (Wildman–Crippen LogP) is 2.87. The molecule has 0 unspecified atom stereocenters. The van der Waals surface area contributed by atoms with Gasteiger partial charge in [0.25, 0.3) is 0 Å². The summed E-state index contributed by atoms with van der Waals surface area (Å²) in [6.07, 6.45) is 3.78. The smallest absolute Gasteiger partial charge is 0.230 e. The van der Waals surface area contributed by atoms with E-state index in [2.05, 4.69) is 10.3 Å². The van der Waals surface area contributed by atoms with E-state index in [-0.39, 0.29) is 23.8 Å². The quantitative estimate of drug-likeness (QED) is 0.731. The lowest BCUT2D eigenvalue weighted by Gasteiger charge is -2.06. The Labute approximate surface area is 125 Å². The summed E-state index contributed by atoms with van der Waals surface area (Å²) in [5.74, 6) is -0.293. The monoisotopic (exact) mass is 301 g/mol. The lowest BCUT2D eigenvalue weighted by Crippen LogP contribution is -2.14. The number of imidazole rings is 1. The molecule has 0 saturated heterocycles. The standard InChI is InChI=1S/C15H12ClN3O2/c16-10-4-5-13(20)12(7-10)18-15(21)8-11-9-19-6-2-1-3-14(19)17-11/h1-7,9,20H,8H2,(H,18,21). The molecule has 0 fully saturated rings. The second-order valence-electron chi connectivity index (χ2n) is 4.58. The molecule has 21 heavy (non-hydrogen) atoms. The van der Waals surface area contributed by atoms with E-state index in [4.69, 9.17) is 11.6 Å². The molecule has 0 radical (unpaired) electrons. The minimum atomic E-state index is -0.268. The van der Waals surface area contributed by atoms with Crippen LogP contribution in [0.1, 0.15) is 5.69 Å². The molecule has 1 aromatic carbocycles. The number of nitrogens with one attached hydrogen (secondary N) is 1. The number of carbonyl (C=O) groups is 1. The van der Waals surface area contributed by atoms with Crippen molar-refractivity contribution in [3.05, 3.63) is 59.5 Å². The van der Waals surface area contributed by atoms with Crippen molar-refractivity contribution in [3.63, 3.8) is 0 Å². The number of aromatic hydroxyl groups is 1. The van der Waals surface area contributed by atoms with Crippen LogP contribution in [0, 0.1) is 0 Å². The number of phenolic OH excluding ortho intramolecular Hbond substituents is 1. The maximum atomic E-state index is 12.0. The minimum absolute atomic E-state index is 0.0252. The lowest BCUT2D eigenvalue weighted by molar-refractivity contribution is -0.115. The molecule has 0 aliphatic heterocycles. The maximum absolute atomic E-state index is 12.0. The third-order valence-electron chi connectivity index (χ3n) is 2.99. The normalized spacial score (nSPS) is 10.7. The third kappa shape index (κ3) is 2.98. The van der Waals surface area contributed by atoms with E-state index in [0.29, 0.717) is 10.7 Å². The number of halogens is 1. The zero-order valence-corrected chi connectivity index (χ0v) is 11.7. The molecule has 0 spiro atoms. The van der Waals surface area contributed by atoms with Crippen LogP contribution in [0.2, 0.25) is 5.02 Å². The number of pyridine rings is 1. The molecule has 0 bridgehead atoms. The number of anilines is 1. The van der Waals surface area contributed by atoms with Crippen LogP contribution < -0.4 is 5.32 Å². The number of rotatable bonds is 3. The van der Waals surface area contributed by atoms with Crippen LogP contribution in [-0.4, -0.2) is 20.4 Å². The first-order valence-electron chi connectivity index (χ1n) is 6.33. The highest BCUT2D eigenvalue weighted by molar-refractivity contribution is 6.31. The Morgan fingerprint density at radius 3 is 3.00 bits per heavy atom. The van der Waals surface area contributed by atoms with E-state index in [1.54, 1.807) is 12.3 Å². The molecule has 3 aromatic rings. The van der Waals surface area contributed by atoms with Gasteiger partial charge in [-0.1, -0.05) is 17.7 Å². The van der Waals surface area contributed by atoms with Gasteiger partial charge in [0.05, 0.1) is 17.8 Å². The van der Waals surface area contributed by atoms with Crippen molar-refractivity contribution >= 4 is 28.8 Å². The number of hydrogen-bond acceptors (Lipinski definition) is 3. The summed E-state index contributed by atoms with van der Waals surface area (Å²) in [6.45, 7) is 0. The topological polar surface area (TPSA) is 66.6 Å². The van der Waals surface area contributed by atoms with E-state index >= 15 is 0 Å². The van der Waals surface area contributed by atoms with Crippen molar-refractivity contribution in [2.45, 2.75) is 6.42 Å². The average Bonchev–Trinajstić information content (AvgIpc) is 2.84. The zero-order valence-electron chi connectivity index (χ0n) is 11.0. The molecule has 6 heteroatoms. The van der Waals surface area contributed by atoms with Crippen LogP contribution >= 0.6 is 11.6 Å². The van der Waals surface area contributed by atoms with Crippen molar-refractivity contribution in [2.24, 2.45) is 0 Å². The Morgan fingerprint density at radius 2 is 2.19 bits per heavy atom. The van der Waals surface area contributed by atoms with Crippen LogP contribution in [-0.2, 0) is 11.2 Å². The highest BCUT2D eigenvalue weighted by Gasteiger charge is 2.10. The molecule has 0 aliphatic carbocycles. The summed E-state index contributed by atoms with van der Waals surface area (Å²) in [6, 6.07) is 10.1. The van der Waals surface area contributed by atoms with E-state index in [9.17, 15) is 9.90 Å². The average molecular weight is 302 g/mol. The first kappa shape index (κ1) is 13.5. The number of phenols is 1. The fraction of sp³-hybridized carbons (Fsp3) is 0.0667. The van der Waals surface area contributed by atoms with Crippen molar-refractivity contribution < 1.29 is 9.90 Å². The fourth-order valence-electron chi connectivity index (χ4n) is 2.04. The molecule has 2 heterocycles. The van der Waals surface area contributed by atoms with Gasteiger partial charge in [0.15, 0.2) is 0 Å². The van der Waals surface area contributed by atoms with Gasteiger partial charge in [-0.3, -0.25) is 4.79 Å². The summed E-state index contributed by atoms with van der Waals surface area (Å²) in [4.78, 5) is 16.4. The second-order valence-corrected chi connectivity index (χ2v) is 5.02. The SMILES string of the molecule is O=C(Cc1cn2ccccc2n1)Nc1cc(Cl)ccc1O. The molecule has 106 valence electrons. The van der Waals surface area contributed by atoms with E-state index < -0.39 is 0 Å².